The van der Waals surface area contributed by atoms with Crippen LogP contribution in [0.2, 0.25) is 0 Å². The molecule has 0 atom stereocenters. The van der Waals surface area contributed by atoms with Crippen LogP contribution in [-0.4, -0.2) is 22.9 Å². The third-order valence-electron chi connectivity index (χ3n) is 1.35. The van der Waals surface area contributed by atoms with Crippen molar-refractivity contribution in [1.82, 2.24) is 10.2 Å². The molecule has 5 nitrogen and oxygen atoms in total. The predicted octanol–water partition coefficient (Wildman–Crippen LogP) is 1.68. The van der Waals surface area contributed by atoms with Gasteiger partial charge in [-0.2, -0.15) is 5.10 Å². The average molecular weight is 195 g/mol. The van der Waals surface area contributed by atoms with Gasteiger partial charge in [0.2, 0.25) is 0 Å². The van der Waals surface area contributed by atoms with E-state index < -0.39 is 6.09 Å². The molecule has 0 aliphatic carbocycles. The van der Waals surface area contributed by atoms with Crippen LogP contribution in [0.25, 0.3) is 0 Å². The summed E-state index contributed by atoms with van der Waals surface area (Å²) in [6.45, 7) is 4.33. The Kier molecular flexibility index (Phi) is 3.84. The van der Waals surface area contributed by atoms with Crippen LogP contribution in [0.3, 0.4) is 0 Å². The van der Waals surface area contributed by atoms with E-state index in [9.17, 15) is 4.79 Å². The number of nitrogens with zero attached hydrogens (tertiary/aromatic N) is 2. The minimum atomic E-state index is -0.501. The number of aromatic nitrogens is 2. The highest BCUT2D eigenvalue weighted by Crippen LogP contribution is 2.00. The van der Waals surface area contributed by atoms with Gasteiger partial charge in [-0.05, 0) is 18.1 Å². The molecule has 0 fully saturated rings. The Hall–Kier alpha value is -1.65. The highest BCUT2D eigenvalue weighted by atomic mass is 16.5. The second kappa shape index (κ2) is 5.16. The fourth-order valence-corrected chi connectivity index (χ4v) is 0.751. The summed E-state index contributed by atoms with van der Waals surface area (Å²) in [7, 11) is 0. The third-order valence-corrected chi connectivity index (χ3v) is 1.35. The maximum absolute atomic E-state index is 11.1. The molecule has 1 N–H and O–H groups in total. The summed E-state index contributed by atoms with van der Waals surface area (Å²) in [5.74, 6) is 0.712. The average Bonchev–Trinajstić information content (AvgIpc) is 2.16. The van der Waals surface area contributed by atoms with Crippen LogP contribution in [0.1, 0.15) is 13.8 Å². The maximum Gasteiger partial charge on any atom is 0.412 e. The first-order valence-electron chi connectivity index (χ1n) is 4.40. The van der Waals surface area contributed by atoms with Crippen LogP contribution >= 0.6 is 0 Å². The first-order valence-corrected chi connectivity index (χ1v) is 4.40. The number of amides is 1. The monoisotopic (exact) mass is 195 g/mol. The standard InChI is InChI=1S/C9H13N3O2/c1-7(2)6-14-9(13)11-8-4-3-5-10-12-8/h3-5,7H,6H2,1-2H3,(H,11,12,13). The van der Waals surface area contributed by atoms with Crippen molar-refractivity contribution in [3.63, 3.8) is 0 Å². The smallest absolute Gasteiger partial charge is 0.412 e. The molecule has 14 heavy (non-hydrogen) atoms. The third kappa shape index (κ3) is 3.84. The summed E-state index contributed by atoms with van der Waals surface area (Å²) in [5.41, 5.74) is 0. The fourth-order valence-electron chi connectivity index (χ4n) is 0.751. The highest BCUT2D eigenvalue weighted by Gasteiger charge is 2.04. The van der Waals surface area contributed by atoms with Crippen molar-refractivity contribution in [2.75, 3.05) is 11.9 Å². The maximum atomic E-state index is 11.1. The summed E-state index contributed by atoms with van der Waals surface area (Å²) >= 11 is 0. The lowest BCUT2D eigenvalue weighted by atomic mass is 10.2. The number of hydrogen-bond acceptors (Lipinski definition) is 4. The molecule has 0 aliphatic heterocycles. The minimum absolute atomic E-state index is 0.322. The van der Waals surface area contributed by atoms with Crippen molar-refractivity contribution < 1.29 is 9.53 Å². The first-order chi connectivity index (χ1) is 6.68. The molecule has 1 amide bonds. The summed E-state index contributed by atoms with van der Waals surface area (Å²) < 4.78 is 4.89. The molecule has 0 aliphatic rings. The van der Waals surface area contributed by atoms with Crippen LogP contribution in [0.15, 0.2) is 18.3 Å². The zero-order chi connectivity index (χ0) is 10.4. The normalized spacial score (nSPS) is 9.93. The zero-order valence-electron chi connectivity index (χ0n) is 8.23. The number of rotatable bonds is 3. The largest absolute Gasteiger partial charge is 0.449 e. The predicted molar refractivity (Wildman–Crippen MR) is 51.8 cm³/mol. The quantitative estimate of drug-likeness (QED) is 0.796. The van der Waals surface area contributed by atoms with E-state index in [0.29, 0.717) is 18.3 Å². The lowest BCUT2D eigenvalue weighted by molar-refractivity contribution is 0.147. The molecule has 5 heteroatoms. The summed E-state index contributed by atoms with van der Waals surface area (Å²) in [5, 5.41) is 9.76. The molecule has 0 saturated heterocycles. The zero-order valence-corrected chi connectivity index (χ0v) is 8.23. The van der Waals surface area contributed by atoms with Crippen molar-refractivity contribution in [2.24, 2.45) is 5.92 Å². The molecule has 0 saturated carbocycles. The lowest BCUT2D eigenvalue weighted by Gasteiger charge is -2.07. The molecule has 0 unspecified atom stereocenters. The molecule has 0 spiro atoms. The molecule has 0 radical (unpaired) electrons. The Labute approximate surface area is 82.5 Å². The van der Waals surface area contributed by atoms with Crippen molar-refractivity contribution in [3.05, 3.63) is 18.3 Å². The van der Waals surface area contributed by atoms with Gasteiger partial charge in [0.25, 0.3) is 0 Å². The van der Waals surface area contributed by atoms with Gasteiger partial charge in [0, 0.05) is 6.20 Å². The van der Waals surface area contributed by atoms with Gasteiger partial charge in [-0.3, -0.25) is 5.32 Å². The van der Waals surface area contributed by atoms with Crippen molar-refractivity contribution >= 4 is 11.9 Å². The fraction of sp³-hybridized carbons (Fsp3) is 0.444. The van der Waals surface area contributed by atoms with E-state index >= 15 is 0 Å². The molecule has 1 rings (SSSR count). The molecular formula is C9H13N3O2. The van der Waals surface area contributed by atoms with E-state index in [1.165, 1.54) is 6.20 Å². The highest BCUT2D eigenvalue weighted by molar-refractivity contribution is 5.83. The molecular weight excluding hydrogens is 182 g/mol. The SMILES string of the molecule is CC(C)COC(=O)Nc1cccnn1. The number of hydrogen-bond donors (Lipinski definition) is 1. The van der Waals surface area contributed by atoms with Gasteiger partial charge in [-0.25, -0.2) is 4.79 Å². The number of carbonyl (C=O) groups excluding carboxylic acids is 1. The van der Waals surface area contributed by atoms with Crippen molar-refractivity contribution in [2.45, 2.75) is 13.8 Å². The summed E-state index contributed by atoms with van der Waals surface area (Å²) in [6.07, 6.45) is 1.03. The molecule has 1 aromatic rings. The van der Waals surface area contributed by atoms with Crippen LogP contribution in [0.5, 0.6) is 0 Å². The van der Waals surface area contributed by atoms with E-state index in [4.69, 9.17) is 4.74 Å². The van der Waals surface area contributed by atoms with Crippen LogP contribution in [0, 0.1) is 5.92 Å². The van der Waals surface area contributed by atoms with E-state index in [-0.39, 0.29) is 0 Å². The summed E-state index contributed by atoms with van der Waals surface area (Å²) in [6, 6.07) is 3.33. The van der Waals surface area contributed by atoms with Crippen LogP contribution < -0.4 is 5.32 Å². The van der Waals surface area contributed by atoms with Gasteiger partial charge < -0.3 is 4.74 Å². The van der Waals surface area contributed by atoms with Gasteiger partial charge in [0.1, 0.15) is 0 Å². The Bertz CT molecular complexity index is 287. The van der Waals surface area contributed by atoms with Gasteiger partial charge >= 0.3 is 6.09 Å². The van der Waals surface area contributed by atoms with E-state index in [1.54, 1.807) is 12.1 Å². The molecule has 1 aromatic heterocycles. The number of carbonyl (C=O) groups is 1. The van der Waals surface area contributed by atoms with E-state index in [1.807, 2.05) is 13.8 Å². The Balaban J connectivity index is 2.35. The Morgan fingerprint density at radius 1 is 1.64 bits per heavy atom. The molecule has 1 heterocycles. The number of ether oxygens (including phenoxy) is 1. The molecule has 0 bridgehead atoms. The van der Waals surface area contributed by atoms with Crippen molar-refractivity contribution in [1.29, 1.82) is 0 Å². The van der Waals surface area contributed by atoms with Gasteiger partial charge in [-0.15, -0.1) is 5.10 Å². The Morgan fingerprint density at radius 2 is 2.43 bits per heavy atom. The van der Waals surface area contributed by atoms with Crippen molar-refractivity contribution in [3.8, 4) is 0 Å². The van der Waals surface area contributed by atoms with Gasteiger partial charge in [-0.1, -0.05) is 13.8 Å². The number of anilines is 1. The molecule has 0 aromatic carbocycles. The second-order valence-corrected chi connectivity index (χ2v) is 3.23. The number of nitrogens with one attached hydrogen (secondary N) is 1. The van der Waals surface area contributed by atoms with Gasteiger partial charge in [0.05, 0.1) is 6.61 Å². The van der Waals surface area contributed by atoms with Crippen LogP contribution in [-0.2, 0) is 4.74 Å². The topological polar surface area (TPSA) is 64.1 Å². The summed E-state index contributed by atoms with van der Waals surface area (Å²) in [4.78, 5) is 11.1. The van der Waals surface area contributed by atoms with E-state index in [0.717, 1.165) is 0 Å². The second-order valence-electron chi connectivity index (χ2n) is 3.23. The Morgan fingerprint density at radius 3 is 3.00 bits per heavy atom. The molecule has 76 valence electrons. The van der Waals surface area contributed by atoms with E-state index in [2.05, 4.69) is 15.5 Å². The minimum Gasteiger partial charge on any atom is -0.449 e. The van der Waals surface area contributed by atoms with Crippen LogP contribution in [0.4, 0.5) is 10.6 Å². The lowest BCUT2D eigenvalue weighted by Crippen LogP contribution is -2.17. The van der Waals surface area contributed by atoms with Gasteiger partial charge in [0.15, 0.2) is 5.82 Å². The first kappa shape index (κ1) is 10.4.